The zero-order chi connectivity index (χ0) is 13.5. The number of hydrogen-bond acceptors (Lipinski definition) is 3. The van der Waals surface area contributed by atoms with E-state index >= 15 is 0 Å². The summed E-state index contributed by atoms with van der Waals surface area (Å²) >= 11 is 3.59. The molecule has 1 saturated heterocycles. The van der Waals surface area contributed by atoms with Crippen molar-refractivity contribution >= 4 is 26.0 Å². The van der Waals surface area contributed by atoms with Gasteiger partial charge in [-0.2, -0.15) is 9.40 Å². The smallest absolute Gasteiger partial charge is 0.246 e. The van der Waals surface area contributed by atoms with Crippen molar-refractivity contribution in [1.82, 2.24) is 14.5 Å². The molecule has 0 bridgehead atoms. The average molecular weight is 336 g/mol. The SMILES string of the molecule is Cc1n[nH]c(C)c1S(=O)(=O)N1CCC(Br)C(C)C1. The topological polar surface area (TPSA) is 66.1 Å². The van der Waals surface area contributed by atoms with E-state index in [1.54, 1.807) is 18.2 Å². The average Bonchev–Trinajstić information content (AvgIpc) is 2.62. The van der Waals surface area contributed by atoms with E-state index in [0.29, 0.717) is 40.1 Å². The molecule has 0 aromatic carbocycles. The van der Waals surface area contributed by atoms with Gasteiger partial charge in [-0.3, -0.25) is 5.10 Å². The zero-order valence-electron chi connectivity index (χ0n) is 10.8. The summed E-state index contributed by atoms with van der Waals surface area (Å²) in [5.41, 5.74) is 1.15. The Labute approximate surface area is 116 Å². The molecule has 7 heteroatoms. The number of aryl methyl sites for hydroxylation is 2. The van der Waals surface area contributed by atoms with Crippen LogP contribution in [-0.4, -0.2) is 40.8 Å². The van der Waals surface area contributed by atoms with Crippen LogP contribution < -0.4 is 0 Å². The van der Waals surface area contributed by atoms with Gasteiger partial charge in [-0.1, -0.05) is 22.9 Å². The van der Waals surface area contributed by atoms with E-state index in [1.165, 1.54) is 0 Å². The Hall–Kier alpha value is -0.400. The number of alkyl halides is 1. The first-order valence-corrected chi connectivity index (χ1v) is 8.35. The van der Waals surface area contributed by atoms with Crippen molar-refractivity contribution in [3.63, 3.8) is 0 Å². The molecule has 1 fully saturated rings. The second-order valence-corrected chi connectivity index (χ2v) is 7.96. The second-order valence-electron chi connectivity index (χ2n) is 4.91. The third-order valence-electron chi connectivity index (χ3n) is 3.42. The first kappa shape index (κ1) is 14.0. The molecule has 0 aliphatic carbocycles. The van der Waals surface area contributed by atoms with E-state index in [-0.39, 0.29) is 0 Å². The lowest BCUT2D eigenvalue weighted by atomic mass is 10.0. The molecule has 18 heavy (non-hydrogen) atoms. The Bertz CT molecular complexity index is 521. The van der Waals surface area contributed by atoms with Crippen molar-refractivity contribution in [2.24, 2.45) is 5.92 Å². The third kappa shape index (κ3) is 2.35. The maximum absolute atomic E-state index is 12.6. The standard InChI is InChI=1S/C11H18BrN3O2S/c1-7-6-15(5-4-10(7)12)18(16,17)11-8(2)13-14-9(11)3/h7,10H,4-6H2,1-3H3,(H,13,14). The van der Waals surface area contributed by atoms with Crippen LogP contribution in [-0.2, 0) is 10.0 Å². The highest BCUT2D eigenvalue weighted by Gasteiger charge is 2.34. The van der Waals surface area contributed by atoms with Crippen LogP contribution in [0, 0.1) is 19.8 Å². The fourth-order valence-corrected chi connectivity index (χ4v) is 4.61. The molecule has 1 N–H and O–H groups in total. The predicted octanol–water partition coefficient (Wildman–Crippen LogP) is 1.82. The summed E-state index contributed by atoms with van der Waals surface area (Å²) in [7, 11) is -3.42. The molecule has 2 atom stereocenters. The largest absolute Gasteiger partial charge is 0.281 e. The van der Waals surface area contributed by atoms with Crippen molar-refractivity contribution in [1.29, 1.82) is 0 Å². The molecule has 2 unspecified atom stereocenters. The molecule has 0 radical (unpaired) electrons. The van der Waals surface area contributed by atoms with Gasteiger partial charge in [0.25, 0.3) is 0 Å². The highest BCUT2D eigenvalue weighted by molar-refractivity contribution is 9.09. The molecule has 5 nitrogen and oxygen atoms in total. The van der Waals surface area contributed by atoms with Gasteiger partial charge in [-0.25, -0.2) is 8.42 Å². The van der Waals surface area contributed by atoms with Gasteiger partial charge in [0.15, 0.2) is 0 Å². The third-order valence-corrected chi connectivity index (χ3v) is 6.91. The number of aromatic amines is 1. The fraction of sp³-hybridized carbons (Fsp3) is 0.727. The highest BCUT2D eigenvalue weighted by atomic mass is 79.9. The van der Waals surface area contributed by atoms with Crippen molar-refractivity contribution in [3.05, 3.63) is 11.4 Å². The number of piperidine rings is 1. The second kappa shape index (κ2) is 4.94. The quantitative estimate of drug-likeness (QED) is 0.838. The van der Waals surface area contributed by atoms with Gasteiger partial charge in [0.05, 0.1) is 11.4 Å². The van der Waals surface area contributed by atoms with Crippen LogP contribution in [0.25, 0.3) is 0 Å². The van der Waals surface area contributed by atoms with Crippen molar-refractivity contribution < 1.29 is 8.42 Å². The summed E-state index contributed by atoms with van der Waals surface area (Å²) in [6.45, 7) is 6.65. The van der Waals surface area contributed by atoms with Gasteiger partial charge in [0.1, 0.15) is 4.90 Å². The van der Waals surface area contributed by atoms with Crippen LogP contribution in [0.5, 0.6) is 0 Å². The minimum Gasteiger partial charge on any atom is -0.281 e. The van der Waals surface area contributed by atoms with Crippen LogP contribution in [0.2, 0.25) is 0 Å². The number of halogens is 1. The van der Waals surface area contributed by atoms with Crippen molar-refractivity contribution in [2.45, 2.75) is 36.9 Å². The maximum Gasteiger partial charge on any atom is 0.246 e. The van der Waals surface area contributed by atoms with Crippen LogP contribution in [0.3, 0.4) is 0 Å². The lowest BCUT2D eigenvalue weighted by molar-refractivity contribution is 0.291. The Morgan fingerprint density at radius 3 is 2.61 bits per heavy atom. The van der Waals surface area contributed by atoms with Crippen molar-refractivity contribution in [3.8, 4) is 0 Å². The Kier molecular flexibility index (Phi) is 3.85. The lowest BCUT2D eigenvalue weighted by Crippen LogP contribution is -2.43. The van der Waals surface area contributed by atoms with E-state index < -0.39 is 10.0 Å². The van der Waals surface area contributed by atoms with Gasteiger partial charge < -0.3 is 0 Å². The summed E-state index contributed by atoms with van der Waals surface area (Å²) in [4.78, 5) is 0.734. The molecule has 2 heterocycles. The minimum absolute atomic E-state index is 0.320. The van der Waals surface area contributed by atoms with E-state index in [9.17, 15) is 8.42 Å². The Morgan fingerprint density at radius 1 is 1.44 bits per heavy atom. The molecule has 1 aromatic rings. The number of rotatable bonds is 2. The summed E-state index contributed by atoms with van der Waals surface area (Å²) in [5.74, 6) is 0.320. The van der Waals surface area contributed by atoms with E-state index in [2.05, 4.69) is 33.1 Å². The number of nitrogens with zero attached hydrogens (tertiary/aromatic N) is 2. The minimum atomic E-state index is -3.42. The Balaban J connectivity index is 2.33. The molecule has 1 aromatic heterocycles. The molecule has 2 rings (SSSR count). The van der Waals surface area contributed by atoms with Gasteiger partial charge in [-0.05, 0) is 26.2 Å². The lowest BCUT2D eigenvalue weighted by Gasteiger charge is -2.33. The first-order chi connectivity index (χ1) is 8.34. The zero-order valence-corrected chi connectivity index (χ0v) is 13.2. The van der Waals surface area contributed by atoms with Crippen LogP contribution in [0.15, 0.2) is 4.90 Å². The molecule has 102 valence electrons. The van der Waals surface area contributed by atoms with Crippen LogP contribution >= 0.6 is 15.9 Å². The highest BCUT2D eigenvalue weighted by Crippen LogP contribution is 2.29. The van der Waals surface area contributed by atoms with E-state index in [4.69, 9.17) is 0 Å². The first-order valence-electron chi connectivity index (χ1n) is 6.00. The number of aromatic nitrogens is 2. The monoisotopic (exact) mass is 335 g/mol. The molecule has 0 amide bonds. The van der Waals surface area contributed by atoms with Gasteiger partial charge in [0.2, 0.25) is 10.0 Å². The van der Waals surface area contributed by atoms with Gasteiger partial charge >= 0.3 is 0 Å². The normalized spacial score (nSPS) is 26.4. The molecule has 0 saturated carbocycles. The molecular formula is C11H18BrN3O2S. The summed E-state index contributed by atoms with van der Waals surface area (Å²) < 4.78 is 26.8. The van der Waals surface area contributed by atoms with E-state index in [0.717, 1.165) is 6.42 Å². The summed E-state index contributed by atoms with van der Waals surface area (Å²) in [6.07, 6.45) is 0.844. The summed E-state index contributed by atoms with van der Waals surface area (Å²) in [6, 6.07) is 0. The maximum atomic E-state index is 12.6. The number of H-pyrrole nitrogens is 1. The Morgan fingerprint density at radius 2 is 2.11 bits per heavy atom. The predicted molar refractivity (Wildman–Crippen MR) is 73.3 cm³/mol. The van der Waals surface area contributed by atoms with Crippen LogP contribution in [0.4, 0.5) is 0 Å². The van der Waals surface area contributed by atoms with Crippen LogP contribution in [0.1, 0.15) is 24.7 Å². The summed E-state index contributed by atoms with van der Waals surface area (Å²) in [5, 5.41) is 6.71. The molecule has 1 aliphatic heterocycles. The number of sulfonamides is 1. The van der Waals surface area contributed by atoms with E-state index in [1.807, 2.05) is 0 Å². The number of nitrogens with one attached hydrogen (secondary N) is 1. The molecule has 1 aliphatic rings. The fourth-order valence-electron chi connectivity index (χ4n) is 2.35. The molecular weight excluding hydrogens is 318 g/mol. The number of hydrogen-bond donors (Lipinski definition) is 1. The van der Waals surface area contributed by atoms with Crippen molar-refractivity contribution in [2.75, 3.05) is 13.1 Å². The van der Waals surface area contributed by atoms with Gasteiger partial charge in [0, 0.05) is 17.9 Å². The molecule has 0 spiro atoms. The van der Waals surface area contributed by atoms with Gasteiger partial charge in [-0.15, -0.1) is 0 Å².